The summed E-state index contributed by atoms with van der Waals surface area (Å²) in [6.07, 6.45) is -0.293. The molecule has 1 atom stereocenters. The molecule has 0 aliphatic heterocycles. The largest absolute Gasteiger partial charge is 0.433 e. The van der Waals surface area contributed by atoms with Gasteiger partial charge in [0.15, 0.2) is 0 Å². The van der Waals surface area contributed by atoms with Crippen LogP contribution in [0.25, 0.3) is 0 Å². The highest BCUT2D eigenvalue weighted by atomic mass is 19.4. The minimum Gasteiger partial charge on any atom is -0.251 e. The van der Waals surface area contributed by atoms with Crippen molar-refractivity contribution in [1.29, 1.82) is 5.26 Å². The quantitative estimate of drug-likeness (QED) is 0.810. The van der Waals surface area contributed by atoms with Gasteiger partial charge in [-0.25, -0.2) is 0 Å². The summed E-state index contributed by atoms with van der Waals surface area (Å²) < 4.78 is 36.9. The van der Waals surface area contributed by atoms with Crippen molar-refractivity contribution in [3.05, 3.63) is 29.6 Å². The summed E-state index contributed by atoms with van der Waals surface area (Å²) in [4.78, 5) is 3.37. The van der Waals surface area contributed by atoms with Crippen LogP contribution in [-0.2, 0) is 6.18 Å². The number of halogens is 3. The molecule has 0 amide bonds. The number of nitrogens with zero attached hydrogens (tertiary/aromatic N) is 2. The van der Waals surface area contributed by atoms with Gasteiger partial charge in [0.1, 0.15) is 5.69 Å². The van der Waals surface area contributed by atoms with Crippen LogP contribution in [0.15, 0.2) is 18.3 Å². The molecule has 17 heavy (non-hydrogen) atoms. The average molecular weight is 240 g/mol. The molecule has 1 aliphatic carbocycles. The van der Waals surface area contributed by atoms with E-state index in [-0.39, 0.29) is 5.92 Å². The summed E-state index contributed by atoms with van der Waals surface area (Å²) >= 11 is 0. The zero-order chi connectivity index (χ0) is 12.5. The fourth-order valence-electron chi connectivity index (χ4n) is 1.73. The lowest BCUT2D eigenvalue weighted by Crippen LogP contribution is -2.08. The Balaban J connectivity index is 2.13. The molecule has 0 radical (unpaired) electrons. The Kier molecular flexibility index (Phi) is 3.05. The van der Waals surface area contributed by atoms with Crippen molar-refractivity contribution < 1.29 is 13.2 Å². The van der Waals surface area contributed by atoms with Crippen molar-refractivity contribution in [3.8, 4) is 6.07 Å². The molecule has 2 nitrogen and oxygen atoms in total. The van der Waals surface area contributed by atoms with E-state index in [0.717, 1.165) is 25.3 Å². The van der Waals surface area contributed by atoms with E-state index in [2.05, 4.69) is 11.1 Å². The van der Waals surface area contributed by atoms with Crippen LogP contribution in [0.5, 0.6) is 0 Å². The molecule has 0 unspecified atom stereocenters. The maximum absolute atomic E-state index is 12.3. The monoisotopic (exact) mass is 240 g/mol. The second kappa shape index (κ2) is 4.36. The van der Waals surface area contributed by atoms with Gasteiger partial charge in [0.25, 0.3) is 0 Å². The number of hydrogen-bond donors (Lipinski definition) is 0. The highest BCUT2D eigenvalue weighted by Gasteiger charge is 2.32. The van der Waals surface area contributed by atoms with Crippen molar-refractivity contribution in [2.24, 2.45) is 5.92 Å². The highest BCUT2D eigenvalue weighted by molar-refractivity contribution is 5.24. The lowest BCUT2D eigenvalue weighted by Gasteiger charge is -2.10. The predicted octanol–water partition coefficient (Wildman–Crippen LogP) is 3.51. The van der Waals surface area contributed by atoms with Crippen LogP contribution in [0, 0.1) is 17.2 Å². The number of aromatic nitrogens is 1. The van der Waals surface area contributed by atoms with Gasteiger partial charge >= 0.3 is 6.18 Å². The number of alkyl halides is 3. The summed E-state index contributed by atoms with van der Waals surface area (Å²) in [6, 6.07) is 4.42. The van der Waals surface area contributed by atoms with Crippen molar-refractivity contribution in [1.82, 2.24) is 4.98 Å². The van der Waals surface area contributed by atoms with Crippen molar-refractivity contribution >= 4 is 0 Å². The molecule has 0 saturated heterocycles. The van der Waals surface area contributed by atoms with E-state index in [9.17, 15) is 13.2 Å². The van der Waals surface area contributed by atoms with Gasteiger partial charge in [-0.2, -0.15) is 18.4 Å². The fraction of sp³-hybridized carbons (Fsp3) is 0.500. The van der Waals surface area contributed by atoms with Gasteiger partial charge in [-0.1, -0.05) is 18.9 Å². The van der Waals surface area contributed by atoms with Crippen LogP contribution in [0.1, 0.15) is 36.4 Å². The topological polar surface area (TPSA) is 36.7 Å². The first kappa shape index (κ1) is 11.9. The van der Waals surface area contributed by atoms with Crippen LogP contribution in [-0.4, -0.2) is 4.98 Å². The zero-order valence-corrected chi connectivity index (χ0v) is 9.04. The Morgan fingerprint density at radius 2 is 2.12 bits per heavy atom. The lowest BCUT2D eigenvalue weighted by atomic mass is 9.96. The van der Waals surface area contributed by atoms with Gasteiger partial charge in [-0.15, -0.1) is 0 Å². The van der Waals surface area contributed by atoms with E-state index in [1.807, 2.05) is 0 Å². The smallest absolute Gasteiger partial charge is 0.251 e. The molecule has 5 heteroatoms. The summed E-state index contributed by atoms with van der Waals surface area (Å²) in [5, 5.41) is 8.99. The van der Waals surface area contributed by atoms with E-state index in [4.69, 9.17) is 5.26 Å². The van der Waals surface area contributed by atoms with Gasteiger partial charge in [0.2, 0.25) is 0 Å². The maximum atomic E-state index is 12.3. The van der Waals surface area contributed by atoms with E-state index < -0.39 is 11.9 Å². The predicted molar refractivity (Wildman–Crippen MR) is 54.9 cm³/mol. The summed E-state index contributed by atoms with van der Waals surface area (Å²) in [7, 11) is 0. The molecular formula is C12H11F3N2. The molecule has 1 heterocycles. The van der Waals surface area contributed by atoms with E-state index >= 15 is 0 Å². The third-order valence-electron chi connectivity index (χ3n) is 2.90. The van der Waals surface area contributed by atoms with Crippen molar-refractivity contribution in [3.63, 3.8) is 0 Å². The zero-order valence-electron chi connectivity index (χ0n) is 9.04. The Bertz CT molecular complexity index is 427. The minimum atomic E-state index is -4.42. The lowest BCUT2D eigenvalue weighted by molar-refractivity contribution is -0.141. The molecule has 0 bridgehead atoms. The minimum absolute atomic E-state index is 0.336. The second-order valence-electron chi connectivity index (χ2n) is 4.34. The molecule has 0 spiro atoms. The first-order valence-corrected chi connectivity index (χ1v) is 5.43. The molecule has 1 aliphatic rings. The van der Waals surface area contributed by atoms with Gasteiger partial charge in [-0.3, -0.25) is 4.98 Å². The normalized spacial score (nSPS) is 17.5. The molecule has 0 N–H and O–H groups in total. The second-order valence-corrected chi connectivity index (χ2v) is 4.34. The van der Waals surface area contributed by atoms with Crippen molar-refractivity contribution in [2.75, 3.05) is 0 Å². The number of hydrogen-bond acceptors (Lipinski definition) is 2. The van der Waals surface area contributed by atoms with Crippen LogP contribution in [0.3, 0.4) is 0 Å². The number of rotatable bonds is 3. The first-order valence-electron chi connectivity index (χ1n) is 5.43. The van der Waals surface area contributed by atoms with Gasteiger partial charge in [0, 0.05) is 6.20 Å². The van der Waals surface area contributed by atoms with E-state index in [1.165, 1.54) is 12.3 Å². The molecule has 1 aromatic rings. The Morgan fingerprint density at radius 3 is 2.53 bits per heavy atom. The number of nitriles is 1. The molecule has 2 rings (SSSR count). The molecule has 90 valence electrons. The third kappa shape index (κ3) is 2.96. The maximum Gasteiger partial charge on any atom is 0.433 e. The Hall–Kier alpha value is -1.57. The summed E-state index contributed by atoms with van der Waals surface area (Å²) in [5.74, 6) is 0.222. The molecule has 1 saturated carbocycles. The Morgan fingerprint density at radius 1 is 1.41 bits per heavy atom. The molecule has 1 fully saturated rings. The SMILES string of the molecule is N#C[C@@H](CC1CC1)c1ccc(C(F)(F)F)nc1. The summed E-state index contributed by atoms with van der Waals surface area (Å²) in [5.41, 5.74) is -0.336. The Labute approximate surface area is 97.1 Å². The van der Waals surface area contributed by atoms with Crippen LogP contribution >= 0.6 is 0 Å². The van der Waals surface area contributed by atoms with E-state index in [0.29, 0.717) is 11.5 Å². The van der Waals surface area contributed by atoms with Crippen molar-refractivity contribution in [2.45, 2.75) is 31.4 Å². The fourth-order valence-corrected chi connectivity index (χ4v) is 1.73. The molecular weight excluding hydrogens is 229 g/mol. The van der Waals surface area contributed by atoms with E-state index in [1.54, 1.807) is 0 Å². The van der Waals surface area contributed by atoms with Gasteiger partial charge in [0.05, 0.1) is 12.0 Å². The highest BCUT2D eigenvalue weighted by Crippen LogP contribution is 2.38. The van der Waals surface area contributed by atoms with Crippen LogP contribution in [0.2, 0.25) is 0 Å². The van der Waals surface area contributed by atoms with Gasteiger partial charge in [-0.05, 0) is 24.0 Å². The standard InChI is InChI=1S/C12H11F3N2/c13-12(14,15)11-4-3-9(7-17-11)10(6-16)5-8-1-2-8/h3-4,7-8,10H,1-2,5H2/t10-/m1/s1. The molecule has 1 aromatic heterocycles. The third-order valence-corrected chi connectivity index (χ3v) is 2.90. The average Bonchev–Trinajstić information content (AvgIpc) is 3.09. The molecule has 0 aromatic carbocycles. The number of pyridine rings is 1. The first-order chi connectivity index (χ1) is 8.00. The summed E-state index contributed by atoms with van der Waals surface area (Å²) in [6.45, 7) is 0. The van der Waals surface area contributed by atoms with Crippen LogP contribution in [0.4, 0.5) is 13.2 Å². The van der Waals surface area contributed by atoms with Crippen LogP contribution < -0.4 is 0 Å². The van der Waals surface area contributed by atoms with Gasteiger partial charge < -0.3 is 0 Å².